The van der Waals surface area contributed by atoms with Crippen LogP contribution in [0.1, 0.15) is 5.56 Å². The van der Waals surface area contributed by atoms with Gasteiger partial charge >= 0.3 is 25.2 Å². The maximum atomic E-state index is 8.56. The van der Waals surface area contributed by atoms with E-state index in [0.717, 1.165) is 11.3 Å². The maximum absolute atomic E-state index is 8.56. The molecule has 7 heteroatoms. The van der Waals surface area contributed by atoms with E-state index in [1.807, 2.05) is 38.1 Å². The first-order chi connectivity index (χ1) is 5.65. The Balaban J connectivity index is -0.000000180. The summed E-state index contributed by atoms with van der Waals surface area (Å²) in [6, 6.07) is 5.70. The van der Waals surface area contributed by atoms with Gasteiger partial charge in [-0.2, -0.15) is 0 Å². The van der Waals surface area contributed by atoms with Crippen LogP contribution in [-0.4, -0.2) is 14.1 Å². The summed E-state index contributed by atoms with van der Waals surface area (Å²) in [5.41, 5.74) is 2.71. The predicted octanol–water partition coefficient (Wildman–Crippen LogP) is -6.44. The van der Waals surface area contributed by atoms with Gasteiger partial charge in [-0.1, -0.05) is 0 Å². The summed E-state index contributed by atoms with van der Waals surface area (Å²) in [5, 5.41) is 8.56. The molecule has 0 spiro atoms. The van der Waals surface area contributed by atoms with Gasteiger partial charge in [-0.3, -0.25) is 0 Å². The van der Waals surface area contributed by atoms with Gasteiger partial charge in [-0.25, -0.2) is 0 Å². The van der Waals surface area contributed by atoms with Crippen LogP contribution in [0, 0.1) is 12.3 Å². The first kappa shape index (κ1) is 25.0. The molecule has 0 aliphatic heterocycles. The molecule has 0 fully saturated rings. The van der Waals surface area contributed by atoms with Crippen molar-refractivity contribution in [2.24, 2.45) is 0 Å². The monoisotopic (exact) mass is 331 g/mol. The Hall–Kier alpha value is -0.0666. The molecule has 86 valence electrons. The van der Waals surface area contributed by atoms with Gasteiger partial charge in [0.1, 0.15) is 0 Å². The summed E-state index contributed by atoms with van der Waals surface area (Å²) >= 11 is 0. The van der Waals surface area contributed by atoms with Gasteiger partial charge in [0, 0.05) is 31.4 Å². The second kappa shape index (κ2) is 11.4. The average Bonchev–Trinajstić information content (AvgIpc) is 2.04. The summed E-state index contributed by atoms with van der Waals surface area (Å²) in [5.74, 6) is 0. The number of diazo groups is 1. The van der Waals surface area contributed by atoms with Gasteiger partial charge < -0.3 is 42.1 Å². The first-order valence-electron chi connectivity index (χ1n) is 3.78. The van der Waals surface area contributed by atoms with Crippen LogP contribution in [0.25, 0.3) is 4.98 Å². The number of halogens is 3. The molecule has 0 aliphatic carbocycles. The van der Waals surface area contributed by atoms with E-state index in [9.17, 15) is 0 Å². The molecule has 0 heterocycles. The van der Waals surface area contributed by atoms with Crippen LogP contribution in [0.15, 0.2) is 18.2 Å². The standard InChI is InChI=1S/C9H12N3.3ClH.Zn/c1-7-6-8(12(2)3)4-5-9(7)11-10;;;;/h4-6H,1-3H3;3*1H;/q+1;;;;+2/p-3. The topological polar surface area (TPSA) is 31.4 Å². The van der Waals surface area contributed by atoms with Crippen LogP contribution in [0.3, 0.4) is 0 Å². The molecule has 0 saturated carbocycles. The molecule has 16 heavy (non-hydrogen) atoms. The van der Waals surface area contributed by atoms with Gasteiger partial charge in [-0.05, 0) is 19.1 Å². The zero-order valence-electron chi connectivity index (χ0n) is 9.41. The molecule has 0 N–H and O–H groups in total. The van der Waals surface area contributed by atoms with Gasteiger partial charge in [0.05, 0.1) is 0 Å². The molecular formula is C9H12Cl3N3Zn. The Labute approximate surface area is 128 Å². The van der Waals surface area contributed by atoms with Crippen molar-refractivity contribution in [3.63, 3.8) is 0 Å². The summed E-state index contributed by atoms with van der Waals surface area (Å²) in [6.07, 6.45) is 0. The van der Waals surface area contributed by atoms with E-state index in [0.29, 0.717) is 5.69 Å². The number of nitrogens with zero attached hydrogens (tertiary/aromatic N) is 3. The Morgan fingerprint density at radius 1 is 1.12 bits per heavy atom. The van der Waals surface area contributed by atoms with Crippen molar-refractivity contribution in [3.8, 4) is 0 Å². The SMILES string of the molecule is Cc1cc(N(C)C)ccc1[N+]#N.[Cl-].[Cl-].[Cl-].[Zn+2]. The van der Waals surface area contributed by atoms with E-state index >= 15 is 0 Å². The molecule has 0 atom stereocenters. The van der Waals surface area contributed by atoms with Crippen LogP contribution in [0.4, 0.5) is 11.4 Å². The van der Waals surface area contributed by atoms with E-state index in [2.05, 4.69) is 4.98 Å². The van der Waals surface area contributed by atoms with Gasteiger partial charge in [0.15, 0.2) is 4.98 Å². The molecule has 1 rings (SSSR count). The van der Waals surface area contributed by atoms with Crippen molar-refractivity contribution in [2.75, 3.05) is 19.0 Å². The maximum Gasteiger partial charge on any atom is 2.00 e. The van der Waals surface area contributed by atoms with Crippen LogP contribution in [0.2, 0.25) is 0 Å². The fraction of sp³-hybridized carbons (Fsp3) is 0.333. The van der Waals surface area contributed by atoms with E-state index in [-0.39, 0.29) is 56.7 Å². The smallest absolute Gasteiger partial charge is 1.00 e. The molecule has 1 aromatic rings. The molecule has 0 amide bonds. The Morgan fingerprint density at radius 2 is 1.62 bits per heavy atom. The summed E-state index contributed by atoms with van der Waals surface area (Å²) < 4.78 is 0. The normalized spacial score (nSPS) is 6.88. The second-order valence-electron chi connectivity index (χ2n) is 2.97. The van der Waals surface area contributed by atoms with Crippen molar-refractivity contribution in [3.05, 3.63) is 28.7 Å². The molecule has 0 bridgehead atoms. The third-order valence-electron chi connectivity index (χ3n) is 1.80. The van der Waals surface area contributed by atoms with Crippen molar-refractivity contribution in [1.82, 2.24) is 0 Å². The Morgan fingerprint density at radius 3 is 1.94 bits per heavy atom. The summed E-state index contributed by atoms with van der Waals surface area (Å²) in [7, 11) is 3.95. The number of rotatable bonds is 1. The Kier molecular flexibility index (Phi) is 17.8. The molecule has 0 aromatic heterocycles. The largest absolute Gasteiger partial charge is 2.00 e. The molecule has 3 nitrogen and oxygen atoms in total. The predicted molar refractivity (Wildman–Crippen MR) is 50.3 cm³/mol. The number of benzene rings is 1. The number of anilines is 1. The van der Waals surface area contributed by atoms with Gasteiger partial charge in [0.25, 0.3) is 0 Å². The summed E-state index contributed by atoms with van der Waals surface area (Å²) in [4.78, 5) is 5.16. The molecule has 0 radical (unpaired) electrons. The van der Waals surface area contributed by atoms with Gasteiger partial charge in [0.2, 0.25) is 5.39 Å². The number of hydrogen-bond acceptors (Lipinski definition) is 2. The zero-order valence-corrected chi connectivity index (χ0v) is 14.6. The first-order valence-corrected chi connectivity index (χ1v) is 3.78. The molecular weight excluding hydrogens is 322 g/mol. The van der Waals surface area contributed by atoms with Crippen molar-refractivity contribution in [1.29, 1.82) is 5.39 Å². The second-order valence-corrected chi connectivity index (χ2v) is 2.97. The third-order valence-corrected chi connectivity index (χ3v) is 1.80. The molecule has 1 aromatic carbocycles. The van der Waals surface area contributed by atoms with E-state index in [1.165, 1.54) is 0 Å². The van der Waals surface area contributed by atoms with Gasteiger partial charge in [-0.15, -0.1) is 0 Å². The fourth-order valence-corrected chi connectivity index (χ4v) is 1.03. The molecule has 0 aliphatic rings. The van der Waals surface area contributed by atoms with Crippen molar-refractivity contribution >= 4 is 11.4 Å². The average molecular weight is 334 g/mol. The zero-order chi connectivity index (χ0) is 9.14. The van der Waals surface area contributed by atoms with Crippen LogP contribution >= 0.6 is 0 Å². The van der Waals surface area contributed by atoms with Crippen molar-refractivity contribution in [2.45, 2.75) is 6.92 Å². The molecule has 0 saturated heterocycles. The minimum Gasteiger partial charge on any atom is -1.00 e. The third kappa shape index (κ3) is 6.50. The van der Waals surface area contributed by atoms with Crippen LogP contribution in [0.5, 0.6) is 0 Å². The minimum absolute atomic E-state index is 0. The number of hydrogen-bond donors (Lipinski definition) is 0. The van der Waals surface area contributed by atoms with E-state index in [4.69, 9.17) is 5.39 Å². The Bertz CT molecular complexity index is 339. The summed E-state index contributed by atoms with van der Waals surface area (Å²) in [6.45, 7) is 1.92. The fourth-order valence-electron chi connectivity index (χ4n) is 1.03. The van der Waals surface area contributed by atoms with E-state index in [1.54, 1.807) is 6.07 Å². The van der Waals surface area contributed by atoms with Crippen LogP contribution in [-0.2, 0) is 19.5 Å². The number of aryl methyl sites for hydroxylation is 1. The van der Waals surface area contributed by atoms with E-state index < -0.39 is 0 Å². The molecule has 0 unspecified atom stereocenters. The van der Waals surface area contributed by atoms with Crippen molar-refractivity contribution < 1.29 is 56.7 Å². The minimum atomic E-state index is 0. The van der Waals surface area contributed by atoms with Crippen LogP contribution < -0.4 is 42.1 Å². The quantitative estimate of drug-likeness (QED) is 0.378.